The van der Waals surface area contributed by atoms with Crippen LogP contribution in [0.2, 0.25) is 0 Å². The highest BCUT2D eigenvalue weighted by molar-refractivity contribution is 7.47. The summed E-state index contributed by atoms with van der Waals surface area (Å²) in [6.45, 7) is 3.72. The van der Waals surface area contributed by atoms with Crippen LogP contribution < -0.4 is 5.73 Å². The van der Waals surface area contributed by atoms with E-state index in [4.69, 9.17) is 24.3 Å². The minimum atomic E-state index is -4.37. The van der Waals surface area contributed by atoms with Crippen LogP contribution in [0.5, 0.6) is 0 Å². The van der Waals surface area contributed by atoms with Gasteiger partial charge in [0.15, 0.2) is 6.10 Å². The van der Waals surface area contributed by atoms with E-state index in [0.29, 0.717) is 6.42 Å². The van der Waals surface area contributed by atoms with Gasteiger partial charge in [-0.2, -0.15) is 0 Å². The molecule has 0 radical (unpaired) electrons. The Balaban J connectivity index is 4.14. The lowest BCUT2D eigenvalue weighted by Crippen LogP contribution is -2.29. The maximum atomic E-state index is 12.6. The maximum absolute atomic E-state index is 12.6. The summed E-state index contributed by atoms with van der Waals surface area (Å²) < 4.78 is 32.8. The molecule has 0 saturated heterocycles. The first-order valence-corrected chi connectivity index (χ1v) is 23.3. The molecule has 2 atom stereocenters. The highest BCUT2D eigenvalue weighted by Crippen LogP contribution is 2.43. The summed E-state index contributed by atoms with van der Waals surface area (Å²) in [6.07, 6.45) is 42.0. The predicted molar refractivity (Wildman–Crippen MR) is 220 cm³/mol. The van der Waals surface area contributed by atoms with Gasteiger partial charge in [-0.15, -0.1) is 0 Å². The van der Waals surface area contributed by atoms with Gasteiger partial charge in [0.1, 0.15) is 6.61 Å². The lowest BCUT2D eigenvalue weighted by molar-refractivity contribution is -0.161. The number of ether oxygens (including phenoxy) is 2. The number of nitrogens with two attached hydrogens (primary N) is 1. The average Bonchev–Trinajstić information content (AvgIpc) is 3.14. The molecular formula is C43H82NO8P. The molecule has 0 saturated carbocycles. The Labute approximate surface area is 325 Å². The molecule has 0 heterocycles. The molecule has 0 aliphatic rings. The molecule has 1 unspecified atom stereocenters. The smallest absolute Gasteiger partial charge is 0.462 e. The Kier molecular flexibility index (Phi) is 39.0. The van der Waals surface area contributed by atoms with Crippen LogP contribution in [0.4, 0.5) is 0 Å². The molecule has 0 rings (SSSR count). The Hall–Kier alpha value is -1.51. The number of esters is 2. The van der Waals surface area contributed by atoms with E-state index in [1.165, 1.54) is 116 Å². The van der Waals surface area contributed by atoms with Gasteiger partial charge >= 0.3 is 19.8 Å². The Morgan fingerprint density at radius 1 is 0.547 bits per heavy atom. The number of allylic oxidation sites excluding steroid dienone is 4. The SMILES string of the molecule is CCCCCC/C=C\CCCCCCCCCC(=O)O[C@H](COC(=O)CCCCCCCCC/C=C\CCCCCCCC)COP(=O)(O)OCCN. The molecule has 0 bridgehead atoms. The van der Waals surface area contributed by atoms with Gasteiger partial charge in [0.25, 0.3) is 0 Å². The third-order valence-corrected chi connectivity index (χ3v) is 10.3. The van der Waals surface area contributed by atoms with Gasteiger partial charge in [0.2, 0.25) is 0 Å². The number of phosphoric ester groups is 1. The van der Waals surface area contributed by atoms with Crippen LogP contribution in [0, 0.1) is 0 Å². The molecule has 0 aliphatic heterocycles. The van der Waals surface area contributed by atoms with Crippen LogP contribution in [0.25, 0.3) is 0 Å². The molecule has 0 aromatic carbocycles. The highest BCUT2D eigenvalue weighted by atomic mass is 31.2. The molecule has 0 aliphatic carbocycles. The lowest BCUT2D eigenvalue weighted by atomic mass is 10.1. The van der Waals surface area contributed by atoms with Crippen LogP contribution in [-0.2, 0) is 32.7 Å². The molecule has 53 heavy (non-hydrogen) atoms. The molecule has 0 spiro atoms. The van der Waals surface area contributed by atoms with Crippen LogP contribution in [0.1, 0.15) is 206 Å². The summed E-state index contributed by atoms with van der Waals surface area (Å²) in [5.74, 6) is -0.834. The summed E-state index contributed by atoms with van der Waals surface area (Å²) in [4.78, 5) is 34.9. The fourth-order valence-corrected chi connectivity index (χ4v) is 6.80. The van der Waals surface area contributed by atoms with Crippen LogP contribution in [0.3, 0.4) is 0 Å². The van der Waals surface area contributed by atoms with Crippen molar-refractivity contribution in [2.75, 3.05) is 26.4 Å². The van der Waals surface area contributed by atoms with E-state index < -0.39 is 26.5 Å². The van der Waals surface area contributed by atoms with Gasteiger partial charge < -0.3 is 20.1 Å². The molecule has 312 valence electrons. The van der Waals surface area contributed by atoms with Crippen molar-refractivity contribution in [3.8, 4) is 0 Å². The van der Waals surface area contributed by atoms with E-state index in [2.05, 4.69) is 38.2 Å². The Morgan fingerprint density at radius 3 is 1.36 bits per heavy atom. The minimum Gasteiger partial charge on any atom is -0.462 e. The van der Waals surface area contributed by atoms with Crippen molar-refractivity contribution in [1.29, 1.82) is 0 Å². The van der Waals surface area contributed by atoms with E-state index in [9.17, 15) is 19.0 Å². The summed E-state index contributed by atoms with van der Waals surface area (Å²) >= 11 is 0. The van der Waals surface area contributed by atoms with Crippen molar-refractivity contribution in [2.24, 2.45) is 5.73 Å². The fourth-order valence-electron chi connectivity index (χ4n) is 6.04. The van der Waals surface area contributed by atoms with Gasteiger partial charge in [0.05, 0.1) is 13.2 Å². The number of phosphoric acid groups is 1. The Morgan fingerprint density at radius 2 is 0.925 bits per heavy atom. The van der Waals surface area contributed by atoms with Gasteiger partial charge in [-0.3, -0.25) is 18.6 Å². The highest BCUT2D eigenvalue weighted by Gasteiger charge is 2.26. The summed E-state index contributed by atoms with van der Waals surface area (Å²) in [6, 6.07) is 0. The van der Waals surface area contributed by atoms with Gasteiger partial charge in [-0.1, -0.05) is 154 Å². The van der Waals surface area contributed by atoms with Gasteiger partial charge in [-0.25, -0.2) is 4.57 Å². The van der Waals surface area contributed by atoms with E-state index in [-0.39, 0.29) is 38.6 Å². The number of hydrogen-bond acceptors (Lipinski definition) is 8. The number of carbonyl (C=O) groups excluding carboxylic acids is 2. The van der Waals surface area contributed by atoms with Crippen molar-refractivity contribution in [3.63, 3.8) is 0 Å². The fraction of sp³-hybridized carbons (Fsp3) is 0.860. The first kappa shape index (κ1) is 51.5. The van der Waals surface area contributed by atoms with Crippen LogP contribution in [-0.4, -0.2) is 49.3 Å². The van der Waals surface area contributed by atoms with E-state index in [1.807, 2.05) is 0 Å². The summed E-state index contributed by atoms with van der Waals surface area (Å²) in [5, 5.41) is 0. The van der Waals surface area contributed by atoms with Crippen molar-refractivity contribution >= 4 is 19.8 Å². The average molecular weight is 772 g/mol. The molecule has 9 nitrogen and oxygen atoms in total. The quantitative estimate of drug-likeness (QED) is 0.0269. The summed E-state index contributed by atoms with van der Waals surface area (Å²) in [7, 11) is -4.37. The van der Waals surface area contributed by atoms with Crippen LogP contribution in [0.15, 0.2) is 24.3 Å². The number of unbranched alkanes of at least 4 members (excludes halogenated alkanes) is 24. The van der Waals surface area contributed by atoms with E-state index in [1.54, 1.807) is 0 Å². The van der Waals surface area contributed by atoms with Gasteiger partial charge in [-0.05, 0) is 64.2 Å². The van der Waals surface area contributed by atoms with Crippen molar-refractivity contribution in [3.05, 3.63) is 24.3 Å². The van der Waals surface area contributed by atoms with Crippen molar-refractivity contribution in [1.82, 2.24) is 0 Å². The maximum Gasteiger partial charge on any atom is 0.472 e. The molecule has 0 aromatic rings. The normalized spacial score (nSPS) is 13.5. The first-order valence-electron chi connectivity index (χ1n) is 21.8. The number of carbonyl (C=O) groups is 2. The number of hydrogen-bond donors (Lipinski definition) is 2. The molecule has 10 heteroatoms. The van der Waals surface area contributed by atoms with Crippen molar-refractivity contribution in [2.45, 2.75) is 213 Å². The zero-order valence-corrected chi connectivity index (χ0v) is 35.2. The topological polar surface area (TPSA) is 134 Å². The predicted octanol–water partition coefficient (Wildman–Crippen LogP) is 12.4. The second-order valence-electron chi connectivity index (χ2n) is 14.6. The molecular weight excluding hydrogens is 689 g/mol. The Bertz CT molecular complexity index is 928. The molecule has 0 aromatic heterocycles. The first-order chi connectivity index (χ1) is 25.8. The zero-order valence-electron chi connectivity index (χ0n) is 34.3. The third-order valence-electron chi connectivity index (χ3n) is 9.31. The number of rotatable bonds is 41. The second kappa shape index (κ2) is 40.2. The van der Waals surface area contributed by atoms with Crippen LogP contribution >= 0.6 is 7.82 Å². The molecule has 0 amide bonds. The van der Waals surface area contributed by atoms with Gasteiger partial charge in [0, 0.05) is 19.4 Å². The third kappa shape index (κ3) is 40.0. The lowest BCUT2D eigenvalue weighted by Gasteiger charge is -2.19. The molecule has 0 fully saturated rings. The monoisotopic (exact) mass is 772 g/mol. The van der Waals surface area contributed by atoms with Crippen molar-refractivity contribution < 1.29 is 37.6 Å². The zero-order chi connectivity index (χ0) is 38.9. The standard InChI is InChI=1S/C43H82NO8P/c1-3-5-7-9-11-13-15-17-19-20-22-23-25-27-29-31-33-35-42(45)49-39-41(40-51-53(47,48)50-38-37-44)52-43(46)36-34-32-30-28-26-24-21-18-16-14-12-10-8-6-4-2/h14,16-17,19,41H,3-13,15,18,20-40,44H2,1-2H3,(H,47,48)/b16-14-,19-17-/t41-/m1/s1. The largest absolute Gasteiger partial charge is 0.472 e. The molecule has 3 N–H and O–H groups in total. The summed E-state index contributed by atoms with van der Waals surface area (Å²) in [5.41, 5.74) is 5.35. The minimum absolute atomic E-state index is 0.0531. The van der Waals surface area contributed by atoms with E-state index >= 15 is 0 Å². The second-order valence-corrected chi connectivity index (χ2v) is 16.0. The van der Waals surface area contributed by atoms with E-state index in [0.717, 1.165) is 57.8 Å².